The van der Waals surface area contributed by atoms with E-state index in [0.717, 1.165) is 31.4 Å². The third kappa shape index (κ3) is 6.34. The van der Waals surface area contributed by atoms with Gasteiger partial charge in [0, 0.05) is 11.6 Å². The molecule has 0 bridgehead atoms. The first-order valence-electron chi connectivity index (χ1n) is 9.52. The Hall–Kier alpha value is -1.86. The molecule has 1 heterocycles. The van der Waals surface area contributed by atoms with Crippen LogP contribution in [0.2, 0.25) is 5.15 Å². The molecule has 2 aromatic rings. The lowest BCUT2D eigenvalue weighted by molar-refractivity contribution is -0.119. The standard InChI is InChI=1S/C20H28ClN3O3S/c1-4-5-7-10-15(2)22-19(25)14-28(26,27)13-18-16(3)23-24(20(18)21)17-11-8-6-9-12-17/h6,8-9,11-12,15H,4-5,7,10,13-14H2,1-3H3,(H,22,25). The van der Waals surface area contributed by atoms with E-state index in [1.165, 1.54) is 4.68 Å². The normalized spacial score (nSPS) is 12.7. The Kier molecular flexibility index (Phi) is 8.07. The molecule has 1 aromatic carbocycles. The Bertz CT molecular complexity index is 895. The summed E-state index contributed by atoms with van der Waals surface area (Å²) in [6.07, 6.45) is 4.06. The monoisotopic (exact) mass is 425 g/mol. The molecule has 8 heteroatoms. The fourth-order valence-corrected chi connectivity index (χ4v) is 4.78. The highest BCUT2D eigenvalue weighted by molar-refractivity contribution is 7.91. The predicted octanol–water partition coefficient (Wildman–Crippen LogP) is 3.83. The minimum Gasteiger partial charge on any atom is -0.353 e. The summed E-state index contributed by atoms with van der Waals surface area (Å²) < 4.78 is 26.6. The second-order valence-corrected chi connectivity index (χ2v) is 9.52. The number of halogens is 1. The van der Waals surface area contributed by atoms with Gasteiger partial charge in [-0.2, -0.15) is 5.10 Å². The Morgan fingerprint density at radius 1 is 1.25 bits per heavy atom. The van der Waals surface area contributed by atoms with Gasteiger partial charge < -0.3 is 5.32 Å². The second kappa shape index (κ2) is 10.1. The molecule has 2 rings (SSSR count). The van der Waals surface area contributed by atoms with Crippen molar-refractivity contribution in [2.24, 2.45) is 0 Å². The molecule has 1 amide bonds. The number of rotatable bonds is 10. The Morgan fingerprint density at radius 3 is 2.57 bits per heavy atom. The molecule has 154 valence electrons. The Balaban J connectivity index is 2.04. The number of aromatic nitrogens is 2. The largest absolute Gasteiger partial charge is 0.353 e. The molecular formula is C20H28ClN3O3S. The highest BCUT2D eigenvalue weighted by atomic mass is 35.5. The molecule has 1 atom stereocenters. The molecule has 6 nitrogen and oxygen atoms in total. The SMILES string of the molecule is CCCCCC(C)NC(=O)CS(=O)(=O)Cc1c(C)nn(-c2ccccc2)c1Cl. The van der Waals surface area contributed by atoms with E-state index in [1.807, 2.05) is 37.3 Å². The third-order valence-corrected chi connectivity index (χ3v) is 6.30. The van der Waals surface area contributed by atoms with Gasteiger partial charge in [0.05, 0.1) is 17.1 Å². The average Bonchev–Trinajstić information content (AvgIpc) is 2.90. The quantitative estimate of drug-likeness (QED) is 0.586. The van der Waals surface area contributed by atoms with Gasteiger partial charge in [-0.15, -0.1) is 0 Å². The van der Waals surface area contributed by atoms with Crippen LogP contribution in [0.15, 0.2) is 30.3 Å². The number of nitrogens with zero attached hydrogens (tertiary/aromatic N) is 2. The summed E-state index contributed by atoms with van der Waals surface area (Å²) in [4.78, 5) is 12.1. The van der Waals surface area contributed by atoms with Crippen molar-refractivity contribution in [3.63, 3.8) is 0 Å². The summed E-state index contributed by atoms with van der Waals surface area (Å²) in [6.45, 7) is 5.72. The van der Waals surface area contributed by atoms with Crippen LogP contribution in [0, 0.1) is 6.92 Å². The molecule has 0 saturated heterocycles. The first-order valence-corrected chi connectivity index (χ1v) is 11.7. The zero-order chi connectivity index (χ0) is 20.7. The highest BCUT2D eigenvalue weighted by Crippen LogP contribution is 2.25. The van der Waals surface area contributed by atoms with Crippen LogP contribution < -0.4 is 5.32 Å². The van der Waals surface area contributed by atoms with Crippen LogP contribution in [0.1, 0.15) is 50.8 Å². The number of hydrogen-bond acceptors (Lipinski definition) is 4. The van der Waals surface area contributed by atoms with Gasteiger partial charge in [-0.05, 0) is 32.4 Å². The van der Waals surface area contributed by atoms with Crippen LogP contribution in [0.3, 0.4) is 0 Å². The Labute approximate surface area is 172 Å². The number of sulfone groups is 1. The lowest BCUT2D eigenvalue weighted by atomic mass is 10.1. The van der Waals surface area contributed by atoms with Crippen LogP contribution in [0.4, 0.5) is 0 Å². The van der Waals surface area contributed by atoms with Crippen molar-refractivity contribution in [2.75, 3.05) is 5.75 Å². The number of aryl methyl sites for hydroxylation is 1. The van der Waals surface area contributed by atoms with Crippen LogP contribution in [-0.4, -0.2) is 35.9 Å². The summed E-state index contributed by atoms with van der Waals surface area (Å²) in [7, 11) is -3.67. The zero-order valence-corrected chi connectivity index (χ0v) is 18.2. The van der Waals surface area contributed by atoms with Crippen molar-refractivity contribution in [2.45, 2.75) is 58.2 Å². The van der Waals surface area contributed by atoms with E-state index in [2.05, 4.69) is 17.3 Å². The zero-order valence-electron chi connectivity index (χ0n) is 16.6. The topological polar surface area (TPSA) is 81.1 Å². The molecule has 0 aliphatic heterocycles. The number of benzene rings is 1. The molecule has 0 radical (unpaired) electrons. The lowest BCUT2D eigenvalue weighted by Gasteiger charge is -2.13. The highest BCUT2D eigenvalue weighted by Gasteiger charge is 2.24. The van der Waals surface area contributed by atoms with Gasteiger partial charge in [-0.1, -0.05) is 56.0 Å². The van der Waals surface area contributed by atoms with Crippen molar-refractivity contribution in [1.29, 1.82) is 0 Å². The van der Waals surface area contributed by atoms with Crippen LogP contribution in [0.5, 0.6) is 0 Å². The van der Waals surface area contributed by atoms with Crippen LogP contribution in [-0.2, 0) is 20.4 Å². The van der Waals surface area contributed by atoms with E-state index >= 15 is 0 Å². The van der Waals surface area contributed by atoms with Crippen LogP contribution >= 0.6 is 11.6 Å². The van der Waals surface area contributed by atoms with E-state index < -0.39 is 21.5 Å². The number of carbonyl (C=O) groups is 1. The Morgan fingerprint density at radius 2 is 1.93 bits per heavy atom. The van der Waals surface area contributed by atoms with Gasteiger partial charge in [0.1, 0.15) is 10.9 Å². The number of amides is 1. The van der Waals surface area contributed by atoms with E-state index in [1.54, 1.807) is 6.92 Å². The minimum atomic E-state index is -3.67. The van der Waals surface area contributed by atoms with Crippen molar-refractivity contribution in [1.82, 2.24) is 15.1 Å². The molecule has 0 fully saturated rings. The molecule has 0 spiro atoms. The fourth-order valence-electron chi connectivity index (χ4n) is 3.00. The van der Waals surface area contributed by atoms with Gasteiger partial charge in [0.25, 0.3) is 0 Å². The van der Waals surface area contributed by atoms with Crippen molar-refractivity contribution >= 4 is 27.3 Å². The van der Waals surface area contributed by atoms with Crippen LogP contribution in [0.25, 0.3) is 5.69 Å². The maximum Gasteiger partial charge on any atom is 0.235 e. The lowest BCUT2D eigenvalue weighted by Crippen LogP contribution is -2.37. The van der Waals surface area contributed by atoms with E-state index in [-0.39, 0.29) is 16.9 Å². The maximum atomic E-state index is 12.5. The molecule has 1 aromatic heterocycles. The predicted molar refractivity (Wildman–Crippen MR) is 113 cm³/mol. The summed E-state index contributed by atoms with van der Waals surface area (Å²) in [5.74, 6) is -1.35. The van der Waals surface area contributed by atoms with Gasteiger partial charge in [-0.25, -0.2) is 13.1 Å². The minimum absolute atomic E-state index is 0.0413. The fraction of sp³-hybridized carbons (Fsp3) is 0.500. The summed E-state index contributed by atoms with van der Waals surface area (Å²) in [5, 5.41) is 7.37. The molecular weight excluding hydrogens is 398 g/mol. The number of para-hydroxylation sites is 1. The van der Waals surface area contributed by atoms with Gasteiger partial charge in [0.2, 0.25) is 5.91 Å². The smallest absolute Gasteiger partial charge is 0.235 e. The summed E-state index contributed by atoms with van der Waals surface area (Å²) >= 11 is 6.40. The number of carbonyl (C=O) groups excluding carboxylic acids is 1. The summed E-state index contributed by atoms with van der Waals surface area (Å²) in [6, 6.07) is 9.21. The van der Waals surface area contributed by atoms with Crippen molar-refractivity contribution in [3.05, 3.63) is 46.7 Å². The summed E-state index contributed by atoms with van der Waals surface area (Å²) in [5.41, 5.74) is 1.71. The van der Waals surface area contributed by atoms with E-state index in [9.17, 15) is 13.2 Å². The van der Waals surface area contributed by atoms with Gasteiger partial charge in [0.15, 0.2) is 9.84 Å². The van der Waals surface area contributed by atoms with E-state index in [4.69, 9.17) is 11.6 Å². The molecule has 0 aliphatic carbocycles. The van der Waals surface area contributed by atoms with Crippen molar-refractivity contribution < 1.29 is 13.2 Å². The molecule has 0 saturated carbocycles. The van der Waals surface area contributed by atoms with Crippen molar-refractivity contribution in [3.8, 4) is 5.69 Å². The molecule has 0 aliphatic rings. The number of unbranched alkanes of at least 4 members (excludes halogenated alkanes) is 2. The third-order valence-electron chi connectivity index (χ3n) is 4.49. The molecule has 1 unspecified atom stereocenters. The number of hydrogen-bond donors (Lipinski definition) is 1. The van der Waals surface area contributed by atoms with E-state index in [0.29, 0.717) is 11.3 Å². The van der Waals surface area contributed by atoms with Gasteiger partial charge in [-0.3, -0.25) is 4.79 Å². The maximum absolute atomic E-state index is 12.5. The first-order chi connectivity index (χ1) is 13.2. The second-order valence-electron chi connectivity index (χ2n) is 7.10. The average molecular weight is 426 g/mol. The molecule has 28 heavy (non-hydrogen) atoms. The first kappa shape index (κ1) is 22.4. The number of nitrogens with one attached hydrogen (secondary N) is 1. The van der Waals surface area contributed by atoms with Gasteiger partial charge >= 0.3 is 0 Å². The molecule has 1 N–H and O–H groups in total.